The highest BCUT2D eigenvalue weighted by Gasteiger charge is 2.32. The topological polar surface area (TPSA) is 61.9 Å². The van der Waals surface area contributed by atoms with Gasteiger partial charge < -0.3 is 19.9 Å². The zero-order chi connectivity index (χ0) is 19.7. The average molecular weight is 400 g/mol. The number of para-hydroxylation sites is 2. The maximum atomic E-state index is 12.7. The molecule has 2 amide bonds. The number of carbonyl (C=O) groups excluding carboxylic acids is 2. The standard InChI is InChI=1S/C21H22ClN3O3/c1-14-6-7-15(22)12-17(14)24-8-10-25(11-9-24)20(26)13-19-21(27)23-16-4-2-3-5-18(16)28-19/h2-7,12,19H,8-11,13H2,1H3,(H,23,27)/t19-/m0/s1. The lowest BCUT2D eigenvalue weighted by atomic mass is 10.1. The number of hydrogen-bond acceptors (Lipinski definition) is 4. The van der Waals surface area contributed by atoms with E-state index in [9.17, 15) is 9.59 Å². The van der Waals surface area contributed by atoms with Gasteiger partial charge in [-0.3, -0.25) is 9.59 Å². The maximum absolute atomic E-state index is 12.7. The van der Waals surface area contributed by atoms with E-state index in [1.165, 1.54) is 0 Å². The van der Waals surface area contributed by atoms with Crippen molar-refractivity contribution < 1.29 is 14.3 Å². The van der Waals surface area contributed by atoms with Gasteiger partial charge in [-0.1, -0.05) is 29.8 Å². The number of halogens is 1. The van der Waals surface area contributed by atoms with E-state index in [0.29, 0.717) is 29.5 Å². The minimum atomic E-state index is -0.796. The third kappa shape index (κ3) is 3.78. The molecular formula is C21H22ClN3O3. The van der Waals surface area contributed by atoms with Gasteiger partial charge in [0.15, 0.2) is 6.10 Å². The predicted octanol–water partition coefficient (Wildman–Crippen LogP) is 3.09. The number of hydrogen-bond donors (Lipinski definition) is 1. The molecule has 0 aromatic heterocycles. The molecule has 2 aromatic carbocycles. The molecule has 146 valence electrons. The van der Waals surface area contributed by atoms with Crippen LogP contribution in [0.1, 0.15) is 12.0 Å². The van der Waals surface area contributed by atoms with Crippen LogP contribution in [0.5, 0.6) is 5.75 Å². The molecule has 2 aromatic rings. The molecule has 4 rings (SSSR count). The lowest BCUT2D eigenvalue weighted by molar-refractivity contribution is -0.137. The van der Waals surface area contributed by atoms with Crippen LogP contribution in [0, 0.1) is 6.92 Å². The SMILES string of the molecule is Cc1ccc(Cl)cc1N1CCN(C(=O)C[C@@H]2Oc3ccccc3NC2=O)CC1. The Kier molecular flexibility index (Phi) is 5.13. The van der Waals surface area contributed by atoms with Crippen LogP contribution in [0.3, 0.4) is 0 Å². The summed E-state index contributed by atoms with van der Waals surface area (Å²) in [5, 5.41) is 3.51. The average Bonchev–Trinajstić information content (AvgIpc) is 2.70. The molecule has 0 aliphatic carbocycles. The van der Waals surface area contributed by atoms with Gasteiger partial charge in [-0.15, -0.1) is 0 Å². The van der Waals surface area contributed by atoms with Crippen LogP contribution in [0.15, 0.2) is 42.5 Å². The molecule has 0 unspecified atom stereocenters. The van der Waals surface area contributed by atoms with Crippen LogP contribution in [0.25, 0.3) is 0 Å². The quantitative estimate of drug-likeness (QED) is 0.861. The predicted molar refractivity (Wildman–Crippen MR) is 109 cm³/mol. The van der Waals surface area contributed by atoms with E-state index in [1.807, 2.05) is 30.3 Å². The number of ether oxygens (including phenoxy) is 1. The van der Waals surface area contributed by atoms with Crippen molar-refractivity contribution in [3.05, 3.63) is 53.1 Å². The summed E-state index contributed by atoms with van der Waals surface area (Å²) >= 11 is 6.13. The van der Waals surface area contributed by atoms with E-state index in [0.717, 1.165) is 24.3 Å². The van der Waals surface area contributed by atoms with E-state index < -0.39 is 6.10 Å². The summed E-state index contributed by atoms with van der Waals surface area (Å²) in [6, 6.07) is 13.1. The monoisotopic (exact) mass is 399 g/mol. The summed E-state index contributed by atoms with van der Waals surface area (Å²) < 4.78 is 5.74. The van der Waals surface area contributed by atoms with Crippen LogP contribution in [0.2, 0.25) is 5.02 Å². The molecule has 1 N–H and O–H groups in total. The zero-order valence-electron chi connectivity index (χ0n) is 15.7. The van der Waals surface area contributed by atoms with E-state index in [-0.39, 0.29) is 18.2 Å². The number of aryl methyl sites for hydroxylation is 1. The first-order chi connectivity index (χ1) is 13.5. The second kappa shape index (κ2) is 7.72. The third-order valence-corrected chi connectivity index (χ3v) is 5.45. The fourth-order valence-corrected chi connectivity index (χ4v) is 3.80. The van der Waals surface area contributed by atoms with Gasteiger partial charge in [0.1, 0.15) is 5.75 Å². The lowest BCUT2D eigenvalue weighted by Gasteiger charge is -2.37. The molecule has 2 aliphatic heterocycles. The number of nitrogens with zero attached hydrogens (tertiary/aromatic N) is 2. The molecule has 1 atom stereocenters. The fraction of sp³-hybridized carbons (Fsp3) is 0.333. The smallest absolute Gasteiger partial charge is 0.266 e. The van der Waals surface area contributed by atoms with Crippen molar-refractivity contribution >= 4 is 34.8 Å². The highest BCUT2D eigenvalue weighted by Crippen LogP contribution is 2.30. The third-order valence-electron chi connectivity index (χ3n) is 5.21. The zero-order valence-corrected chi connectivity index (χ0v) is 16.4. The van der Waals surface area contributed by atoms with Crippen LogP contribution in [-0.2, 0) is 9.59 Å². The first-order valence-corrected chi connectivity index (χ1v) is 9.74. The van der Waals surface area contributed by atoms with Gasteiger partial charge in [0, 0.05) is 36.9 Å². The number of rotatable bonds is 3. The second-order valence-electron chi connectivity index (χ2n) is 7.09. The normalized spacial score (nSPS) is 18.9. The Morgan fingerprint density at radius 1 is 1.18 bits per heavy atom. The lowest BCUT2D eigenvalue weighted by Crippen LogP contribution is -2.50. The van der Waals surface area contributed by atoms with Crippen molar-refractivity contribution in [2.24, 2.45) is 0 Å². The molecule has 2 aliphatic rings. The summed E-state index contributed by atoms with van der Waals surface area (Å²) in [6.07, 6.45) is -0.758. The van der Waals surface area contributed by atoms with Gasteiger partial charge >= 0.3 is 0 Å². The first-order valence-electron chi connectivity index (χ1n) is 9.37. The van der Waals surface area contributed by atoms with Crippen molar-refractivity contribution in [1.29, 1.82) is 0 Å². The highest BCUT2D eigenvalue weighted by molar-refractivity contribution is 6.30. The number of carbonyl (C=O) groups is 2. The molecule has 1 saturated heterocycles. The van der Waals surface area contributed by atoms with Gasteiger partial charge in [-0.2, -0.15) is 0 Å². The number of fused-ring (bicyclic) bond motifs is 1. The van der Waals surface area contributed by atoms with Crippen LogP contribution >= 0.6 is 11.6 Å². The molecular weight excluding hydrogens is 378 g/mol. The summed E-state index contributed by atoms with van der Waals surface area (Å²) in [5.74, 6) is 0.253. The molecule has 0 bridgehead atoms. The molecule has 6 nitrogen and oxygen atoms in total. The maximum Gasteiger partial charge on any atom is 0.266 e. The van der Waals surface area contributed by atoms with Crippen LogP contribution in [0.4, 0.5) is 11.4 Å². The molecule has 0 saturated carbocycles. The molecule has 7 heteroatoms. The number of benzene rings is 2. The van der Waals surface area contributed by atoms with Gasteiger partial charge in [0.25, 0.3) is 5.91 Å². The summed E-state index contributed by atoms with van der Waals surface area (Å²) in [6.45, 7) is 4.73. The minimum absolute atomic E-state index is 0.0381. The van der Waals surface area contributed by atoms with Crippen molar-refractivity contribution in [2.45, 2.75) is 19.4 Å². The van der Waals surface area contributed by atoms with Gasteiger partial charge in [-0.25, -0.2) is 0 Å². The summed E-state index contributed by atoms with van der Waals surface area (Å²) in [7, 11) is 0. The second-order valence-corrected chi connectivity index (χ2v) is 7.53. The van der Waals surface area contributed by atoms with Gasteiger partial charge in [0.05, 0.1) is 12.1 Å². The Balaban J connectivity index is 1.36. The van der Waals surface area contributed by atoms with E-state index >= 15 is 0 Å². The largest absolute Gasteiger partial charge is 0.478 e. The van der Waals surface area contributed by atoms with Crippen LogP contribution in [-0.4, -0.2) is 49.0 Å². The van der Waals surface area contributed by atoms with E-state index in [4.69, 9.17) is 16.3 Å². The molecule has 0 radical (unpaired) electrons. The number of nitrogens with one attached hydrogen (secondary N) is 1. The minimum Gasteiger partial charge on any atom is -0.478 e. The van der Waals surface area contributed by atoms with Gasteiger partial charge in [-0.05, 0) is 36.8 Å². The Hall–Kier alpha value is -2.73. The first kappa shape index (κ1) is 18.6. The highest BCUT2D eigenvalue weighted by atomic mass is 35.5. The van der Waals surface area contributed by atoms with Crippen molar-refractivity contribution in [2.75, 3.05) is 36.4 Å². The molecule has 28 heavy (non-hydrogen) atoms. The van der Waals surface area contributed by atoms with Gasteiger partial charge in [0.2, 0.25) is 5.91 Å². The Bertz CT molecular complexity index is 910. The van der Waals surface area contributed by atoms with Crippen molar-refractivity contribution in [3.8, 4) is 5.75 Å². The molecule has 0 spiro atoms. The number of amides is 2. The number of piperazine rings is 1. The van der Waals surface area contributed by atoms with E-state index in [1.54, 1.807) is 17.0 Å². The van der Waals surface area contributed by atoms with Crippen molar-refractivity contribution in [3.63, 3.8) is 0 Å². The summed E-state index contributed by atoms with van der Waals surface area (Å²) in [4.78, 5) is 29.0. The summed E-state index contributed by atoms with van der Waals surface area (Å²) in [5.41, 5.74) is 2.91. The van der Waals surface area contributed by atoms with E-state index in [2.05, 4.69) is 17.1 Å². The fourth-order valence-electron chi connectivity index (χ4n) is 3.63. The Morgan fingerprint density at radius 3 is 2.71 bits per heavy atom. The molecule has 1 fully saturated rings. The van der Waals surface area contributed by atoms with Crippen LogP contribution < -0.4 is 15.0 Å². The van der Waals surface area contributed by atoms with Crippen molar-refractivity contribution in [1.82, 2.24) is 4.90 Å². The molecule has 2 heterocycles. The Labute approximate surface area is 169 Å². The number of anilines is 2. The Morgan fingerprint density at radius 2 is 1.93 bits per heavy atom.